The van der Waals surface area contributed by atoms with Gasteiger partial charge in [0.05, 0.1) is 5.54 Å². The Kier molecular flexibility index (Phi) is 3.28. The molecule has 1 aliphatic rings. The molecule has 0 amide bonds. The molecular weight excluding hydrogens is 172 g/mol. The average Bonchev–Trinajstić information content (AvgIpc) is 2.04. The highest BCUT2D eigenvalue weighted by Crippen LogP contribution is 2.37. The van der Waals surface area contributed by atoms with Crippen LogP contribution in [0.25, 0.3) is 0 Å². The van der Waals surface area contributed by atoms with E-state index in [2.05, 4.69) is 13.8 Å². The molecule has 0 heterocycles. The Morgan fingerprint density at radius 2 is 2.00 bits per heavy atom. The fraction of sp³-hybridized carbons (Fsp3) is 1.00. The van der Waals surface area contributed by atoms with Gasteiger partial charge in [-0.1, -0.05) is 26.7 Å². The zero-order valence-corrected chi connectivity index (χ0v) is 8.39. The van der Waals surface area contributed by atoms with Gasteiger partial charge in [0.1, 0.15) is 0 Å². The Morgan fingerprint density at radius 1 is 1.38 bits per heavy atom. The molecule has 0 spiro atoms. The first-order valence-electron chi connectivity index (χ1n) is 5.03. The maximum Gasteiger partial charge on any atom is 0.256 e. The number of hydrogen-bond acceptors (Lipinski definition) is 1. The number of halogens is 2. The summed E-state index contributed by atoms with van der Waals surface area (Å²) in [6.07, 6.45) is 0.512. The number of nitrogens with two attached hydrogens (primary N) is 1. The minimum Gasteiger partial charge on any atom is -0.320 e. The third-order valence-electron chi connectivity index (χ3n) is 3.24. The van der Waals surface area contributed by atoms with Crippen LogP contribution in [-0.4, -0.2) is 12.0 Å². The van der Waals surface area contributed by atoms with Crippen LogP contribution < -0.4 is 5.73 Å². The molecule has 0 aromatic rings. The van der Waals surface area contributed by atoms with E-state index in [0.29, 0.717) is 24.7 Å². The van der Waals surface area contributed by atoms with Crippen molar-refractivity contribution in [1.82, 2.24) is 0 Å². The average molecular weight is 191 g/mol. The van der Waals surface area contributed by atoms with Crippen molar-refractivity contribution in [3.8, 4) is 0 Å². The summed E-state index contributed by atoms with van der Waals surface area (Å²) in [7, 11) is 0. The topological polar surface area (TPSA) is 26.0 Å². The summed E-state index contributed by atoms with van der Waals surface area (Å²) in [6, 6.07) is 0. The zero-order valence-electron chi connectivity index (χ0n) is 8.39. The fourth-order valence-corrected chi connectivity index (χ4v) is 2.15. The lowest BCUT2D eigenvalue weighted by atomic mass is 9.72. The molecule has 1 rings (SSSR count). The molecule has 0 aromatic carbocycles. The first-order valence-corrected chi connectivity index (χ1v) is 5.03. The molecule has 1 saturated carbocycles. The Hall–Kier alpha value is -0.180. The maximum atomic E-state index is 12.6. The van der Waals surface area contributed by atoms with Crippen molar-refractivity contribution in [2.75, 3.05) is 0 Å². The van der Waals surface area contributed by atoms with Gasteiger partial charge >= 0.3 is 0 Å². The second-order valence-corrected chi connectivity index (χ2v) is 4.63. The van der Waals surface area contributed by atoms with Gasteiger partial charge in [-0.3, -0.25) is 0 Å². The second kappa shape index (κ2) is 3.91. The lowest BCUT2D eigenvalue weighted by molar-refractivity contribution is 0.0106. The van der Waals surface area contributed by atoms with E-state index >= 15 is 0 Å². The van der Waals surface area contributed by atoms with Crippen molar-refractivity contribution in [1.29, 1.82) is 0 Å². The molecule has 3 heteroatoms. The van der Waals surface area contributed by atoms with Crippen LogP contribution in [0, 0.1) is 11.8 Å². The summed E-state index contributed by atoms with van der Waals surface area (Å²) >= 11 is 0. The summed E-state index contributed by atoms with van der Waals surface area (Å²) < 4.78 is 25.2. The molecule has 13 heavy (non-hydrogen) atoms. The van der Waals surface area contributed by atoms with Gasteiger partial charge in [-0.25, -0.2) is 8.78 Å². The Balaban J connectivity index is 2.60. The molecular formula is C10H19F2N. The summed E-state index contributed by atoms with van der Waals surface area (Å²) in [5.74, 6) is 0.856. The minimum atomic E-state index is -2.37. The Labute approximate surface area is 78.7 Å². The van der Waals surface area contributed by atoms with Crippen LogP contribution in [0.5, 0.6) is 0 Å². The van der Waals surface area contributed by atoms with E-state index in [1.54, 1.807) is 0 Å². The van der Waals surface area contributed by atoms with E-state index in [4.69, 9.17) is 5.73 Å². The van der Waals surface area contributed by atoms with E-state index in [1.807, 2.05) is 0 Å². The first-order chi connectivity index (χ1) is 5.96. The van der Waals surface area contributed by atoms with Gasteiger partial charge in [-0.05, 0) is 24.7 Å². The molecule has 2 N–H and O–H groups in total. The number of rotatable bonds is 2. The maximum absolute atomic E-state index is 12.6. The van der Waals surface area contributed by atoms with Crippen LogP contribution in [0.15, 0.2) is 0 Å². The third-order valence-corrected chi connectivity index (χ3v) is 3.24. The molecule has 1 aliphatic carbocycles. The highest BCUT2D eigenvalue weighted by Gasteiger charge is 2.40. The summed E-state index contributed by atoms with van der Waals surface area (Å²) in [6.45, 7) is 4.17. The molecule has 0 radical (unpaired) electrons. The fourth-order valence-electron chi connectivity index (χ4n) is 2.15. The molecule has 1 fully saturated rings. The van der Waals surface area contributed by atoms with Crippen LogP contribution in [0.3, 0.4) is 0 Å². The Bertz CT molecular complexity index is 170. The normalized spacial score (nSPS) is 35.8. The minimum absolute atomic E-state index is 0.382. The van der Waals surface area contributed by atoms with Gasteiger partial charge in [0.2, 0.25) is 0 Å². The largest absolute Gasteiger partial charge is 0.320 e. The Morgan fingerprint density at radius 3 is 2.46 bits per heavy atom. The lowest BCUT2D eigenvalue weighted by Crippen LogP contribution is -2.51. The molecule has 2 unspecified atom stereocenters. The van der Waals surface area contributed by atoms with Gasteiger partial charge in [0.15, 0.2) is 0 Å². The van der Waals surface area contributed by atoms with Crippen molar-refractivity contribution in [3.05, 3.63) is 0 Å². The molecule has 0 aromatic heterocycles. The van der Waals surface area contributed by atoms with Crippen molar-refractivity contribution < 1.29 is 8.78 Å². The van der Waals surface area contributed by atoms with Gasteiger partial charge in [-0.15, -0.1) is 0 Å². The highest BCUT2D eigenvalue weighted by atomic mass is 19.3. The summed E-state index contributed by atoms with van der Waals surface area (Å²) in [4.78, 5) is 0. The standard InChI is InChI=1S/C10H19F2N/c1-7(2)8-4-3-5-10(13,6-8)9(11)12/h7-9H,3-6,13H2,1-2H3. The highest BCUT2D eigenvalue weighted by molar-refractivity contribution is 4.93. The van der Waals surface area contributed by atoms with Crippen LogP contribution in [0.1, 0.15) is 39.5 Å². The van der Waals surface area contributed by atoms with Crippen molar-refractivity contribution in [3.63, 3.8) is 0 Å². The predicted octanol–water partition coefficient (Wildman–Crippen LogP) is 2.80. The van der Waals surface area contributed by atoms with E-state index in [-0.39, 0.29) is 0 Å². The summed E-state index contributed by atoms with van der Waals surface area (Å²) in [5.41, 5.74) is 4.48. The van der Waals surface area contributed by atoms with E-state index in [1.165, 1.54) is 0 Å². The SMILES string of the molecule is CC(C)C1CCCC(N)(C(F)F)C1. The van der Waals surface area contributed by atoms with Crippen molar-refractivity contribution >= 4 is 0 Å². The smallest absolute Gasteiger partial charge is 0.256 e. The lowest BCUT2D eigenvalue weighted by Gasteiger charge is -2.38. The molecule has 0 saturated heterocycles. The van der Waals surface area contributed by atoms with E-state index in [0.717, 1.165) is 12.8 Å². The first kappa shape index (κ1) is 10.9. The van der Waals surface area contributed by atoms with Crippen molar-refractivity contribution in [2.24, 2.45) is 17.6 Å². The van der Waals surface area contributed by atoms with E-state index in [9.17, 15) is 8.78 Å². The quantitative estimate of drug-likeness (QED) is 0.713. The predicted molar refractivity (Wildman–Crippen MR) is 49.7 cm³/mol. The molecule has 2 atom stereocenters. The summed E-state index contributed by atoms with van der Waals surface area (Å²) in [5, 5.41) is 0. The van der Waals surface area contributed by atoms with Gasteiger partial charge in [-0.2, -0.15) is 0 Å². The second-order valence-electron chi connectivity index (χ2n) is 4.63. The molecule has 0 bridgehead atoms. The molecule has 1 nitrogen and oxygen atoms in total. The van der Waals surface area contributed by atoms with Crippen LogP contribution in [-0.2, 0) is 0 Å². The monoisotopic (exact) mass is 191 g/mol. The van der Waals surface area contributed by atoms with Crippen LogP contribution in [0.2, 0.25) is 0 Å². The van der Waals surface area contributed by atoms with Crippen LogP contribution >= 0.6 is 0 Å². The van der Waals surface area contributed by atoms with E-state index < -0.39 is 12.0 Å². The number of hydrogen-bond donors (Lipinski definition) is 1. The number of alkyl halides is 2. The van der Waals surface area contributed by atoms with Crippen LogP contribution in [0.4, 0.5) is 8.78 Å². The molecule has 78 valence electrons. The van der Waals surface area contributed by atoms with Crippen molar-refractivity contribution in [2.45, 2.75) is 51.5 Å². The van der Waals surface area contributed by atoms with Gasteiger partial charge < -0.3 is 5.73 Å². The zero-order chi connectivity index (χ0) is 10.1. The molecule has 0 aliphatic heterocycles. The third kappa shape index (κ3) is 2.39. The van der Waals surface area contributed by atoms with Gasteiger partial charge in [0, 0.05) is 0 Å². The van der Waals surface area contributed by atoms with Gasteiger partial charge in [0.25, 0.3) is 6.43 Å².